The van der Waals surface area contributed by atoms with Gasteiger partial charge >= 0.3 is 0 Å². The Kier molecular flexibility index (Phi) is 3.08. The van der Waals surface area contributed by atoms with Crippen LogP contribution in [0.5, 0.6) is 0 Å². The first-order valence-corrected chi connectivity index (χ1v) is 5.13. The minimum Gasteiger partial charge on any atom is -0.501 e. The first kappa shape index (κ1) is 10.9. The molecular formula is C12H13F2NO. The third-order valence-electron chi connectivity index (χ3n) is 2.70. The Morgan fingerprint density at radius 1 is 1.25 bits per heavy atom. The van der Waals surface area contributed by atoms with Gasteiger partial charge in [0.2, 0.25) is 0 Å². The Morgan fingerprint density at radius 3 is 2.62 bits per heavy atom. The van der Waals surface area contributed by atoms with Crippen LogP contribution < -0.4 is 4.90 Å². The van der Waals surface area contributed by atoms with Gasteiger partial charge in [-0.3, -0.25) is 0 Å². The van der Waals surface area contributed by atoms with E-state index in [0.717, 1.165) is 24.8 Å². The average Bonchev–Trinajstić information content (AvgIpc) is 2.33. The molecule has 1 aromatic rings. The zero-order chi connectivity index (χ0) is 11.5. The second-order valence-corrected chi connectivity index (χ2v) is 3.67. The van der Waals surface area contributed by atoms with Crippen molar-refractivity contribution in [2.24, 2.45) is 0 Å². The summed E-state index contributed by atoms with van der Waals surface area (Å²) in [6.07, 6.45) is 2.74. The van der Waals surface area contributed by atoms with Crippen LogP contribution in [0, 0.1) is 11.6 Å². The molecule has 0 fully saturated rings. The van der Waals surface area contributed by atoms with E-state index < -0.39 is 11.6 Å². The van der Waals surface area contributed by atoms with Crippen molar-refractivity contribution in [3.05, 3.63) is 41.7 Å². The fourth-order valence-corrected chi connectivity index (χ4v) is 1.75. The predicted molar refractivity (Wildman–Crippen MR) is 58.3 cm³/mol. The third kappa shape index (κ3) is 2.15. The predicted octanol–water partition coefficient (Wildman–Crippen LogP) is 2.71. The van der Waals surface area contributed by atoms with Crippen LogP contribution >= 0.6 is 0 Å². The van der Waals surface area contributed by atoms with E-state index in [0.29, 0.717) is 12.2 Å². The van der Waals surface area contributed by atoms with Gasteiger partial charge in [-0.05, 0) is 18.2 Å². The molecule has 2 nitrogen and oxygen atoms in total. The molecule has 1 heterocycles. The van der Waals surface area contributed by atoms with Crippen LogP contribution in [0.15, 0.2) is 30.0 Å². The van der Waals surface area contributed by atoms with E-state index in [1.807, 2.05) is 11.0 Å². The van der Waals surface area contributed by atoms with E-state index in [1.54, 1.807) is 13.2 Å². The van der Waals surface area contributed by atoms with Gasteiger partial charge in [0.15, 0.2) is 11.6 Å². The minimum absolute atomic E-state index is 0.661. The molecule has 1 aromatic carbocycles. The molecule has 0 amide bonds. The summed E-state index contributed by atoms with van der Waals surface area (Å²) in [4.78, 5) is 1.98. The first-order chi connectivity index (χ1) is 7.70. The standard InChI is InChI=1S/C12H13F2NO/c1-16-10-4-6-15(7-5-10)9-2-3-11(13)12(14)8-9/h2-4,8H,5-7H2,1H3. The highest BCUT2D eigenvalue weighted by molar-refractivity contribution is 5.48. The molecule has 0 bridgehead atoms. The number of methoxy groups -OCH3 is 1. The molecule has 0 aliphatic carbocycles. The lowest BCUT2D eigenvalue weighted by molar-refractivity contribution is 0.272. The molecule has 0 atom stereocenters. The molecule has 0 radical (unpaired) electrons. The van der Waals surface area contributed by atoms with Gasteiger partial charge in [-0.25, -0.2) is 8.78 Å². The monoisotopic (exact) mass is 225 g/mol. The summed E-state index contributed by atoms with van der Waals surface area (Å²) < 4.78 is 30.9. The van der Waals surface area contributed by atoms with Gasteiger partial charge in [-0.15, -0.1) is 0 Å². The summed E-state index contributed by atoms with van der Waals surface area (Å²) in [7, 11) is 1.64. The highest BCUT2D eigenvalue weighted by Crippen LogP contribution is 2.21. The molecule has 86 valence electrons. The number of ether oxygens (including phenoxy) is 1. The van der Waals surface area contributed by atoms with Crippen LogP contribution in [0.2, 0.25) is 0 Å². The highest BCUT2D eigenvalue weighted by Gasteiger charge is 2.13. The van der Waals surface area contributed by atoms with Gasteiger partial charge in [-0.1, -0.05) is 0 Å². The number of anilines is 1. The van der Waals surface area contributed by atoms with Gasteiger partial charge in [0, 0.05) is 31.3 Å². The van der Waals surface area contributed by atoms with Crippen LogP contribution in [0.3, 0.4) is 0 Å². The van der Waals surface area contributed by atoms with Gasteiger partial charge in [0.05, 0.1) is 12.9 Å². The van der Waals surface area contributed by atoms with Gasteiger partial charge < -0.3 is 9.64 Å². The number of hydrogen-bond donors (Lipinski definition) is 0. The van der Waals surface area contributed by atoms with Gasteiger partial charge in [0.25, 0.3) is 0 Å². The van der Waals surface area contributed by atoms with Crippen molar-refractivity contribution >= 4 is 5.69 Å². The summed E-state index contributed by atoms with van der Waals surface area (Å²) in [6.45, 7) is 1.42. The molecule has 0 spiro atoms. The Morgan fingerprint density at radius 2 is 2.06 bits per heavy atom. The molecule has 0 saturated carbocycles. The summed E-state index contributed by atoms with van der Waals surface area (Å²) >= 11 is 0. The second-order valence-electron chi connectivity index (χ2n) is 3.67. The van der Waals surface area contributed by atoms with Crippen LogP contribution in [-0.4, -0.2) is 20.2 Å². The van der Waals surface area contributed by atoms with Crippen molar-refractivity contribution in [3.63, 3.8) is 0 Å². The van der Waals surface area contributed by atoms with E-state index >= 15 is 0 Å². The molecule has 0 saturated heterocycles. The van der Waals surface area contributed by atoms with Crippen LogP contribution in [0.1, 0.15) is 6.42 Å². The van der Waals surface area contributed by atoms with Crippen molar-refractivity contribution < 1.29 is 13.5 Å². The van der Waals surface area contributed by atoms with Crippen LogP contribution in [0.4, 0.5) is 14.5 Å². The summed E-state index contributed by atoms with van der Waals surface area (Å²) in [6, 6.07) is 3.96. The maximum Gasteiger partial charge on any atom is 0.160 e. The lowest BCUT2D eigenvalue weighted by atomic mass is 10.2. The fraction of sp³-hybridized carbons (Fsp3) is 0.333. The fourth-order valence-electron chi connectivity index (χ4n) is 1.75. The normalized spacial score (nSPS) is 15.9. The Balaban J connectivity index is 2.14. The zero-order valence-corrected chi connectivity index (χ0v) is 9.04. The van der Waals surface area contributed by atoms with Crippen LogP contribution in [0.25, 0.3) is 0 Å². The molecule has 0 unspecified atom stereocenters. The first-order valence-electron chi connectivity index (χ1n) is 5.13. The van der Waals surface area contributed by atoms with Gasteiger partial charge in [0.1, 0.15) is 0 Å². The van der Waals surface area contributed by atoms with E-state index in [2.05, 4.69) is 0 Å². The quantitative estimate of drug-likeness (QED) is 0.767. The minimum atomic E-state index is -0.811. The Labute approximate surface area is 93.1 Å². The molecule has 1 aliphatic heterocycles. The Bertz CT molecular complexity index is 417. The molecule has 4 heteroatoms. The third-order valence-corrected chi connectivity index (χ3v) is 2.70. The maximum absolute atomic E-state index is 13.0. The number of benzene rings is 1. The molecular weight excluding hydrogens is 212 g/mol. The molecule has 2 rings (SSSR count). The molecule has 0 N–H and O–H groups in total. The number of hydrogen-bond acceptors (Lipinski definition) is 2. The second kappa shape index (κ2) is 4.51. The van der Waals surface area contributed by atoms with E-state index in [9.17, 15) is 8.78 Å². The summed E-state index contributed by atoms with van der Waals surface area (Å²) in [5.74, 6) is -0.674. The average molecular weight is 225 g/mol. The number of rotatable bonds is 2. The molecule has 1 aliphatic rings. The van der Waals surface area contributed by atoms with Crippen molar-refractivity contribution in [1.82, 2.24) is 0 Å². The smallest absolute Gasteiger partial charge is 0.160 e. The van der Waals surface area contributed by atoms with E-state index in [-0.39, 0.29) is 0 Å². The Hall–Kier alpha value is -1.58. The molecule has 16 heavy (non-hydrogen) atoms. The number of nitrogens with zero attached hydrogens (tertiary/aromatic N) is 1. The maximum atomic E-state index is 13.0. The van der Waals surface area contributed by atoms with Crippen molar-refractivity contribution in [2.45, 2.75) is 6.42 Å². The highest BCUT2D eigenvalue weighted by atomic mass is 19.2. The number of halogens is 2. The zero-order valence-electron chi connectivity index (χ0n) is 9.04. The lowest BCUT2D eigenvalue weighted by Crippen LogP contribution is -2.28. The van der Waals surface area contributed by atoms with E-state index in [1.165, 1.54) is 6.07 Å². The summed E-state index contributed by atoms with van der Waals surface area (Å²) in [5, 5.41) is 0. The molecule has 0 aromatic heterocycles. The SMILES string of the molecule is COC1=CCN(c2ccc(F)c(F)c2)CC1. The van der Waals surface area contributed by atoms with Crippen molar-refractivity contribution in [1.29, 1.82) is 0 Å². The van der Waals surface area contributed by atoms with Gasteiger partial charge in [-0.2, -0.15) is 0 Å². The topological polar surface area (TPSA) is 12.5 Å². The van der Waals surface area contributed by atoms with E-state index in [4.69, 9.17) is 4.74 Å². The van der Waals surface area contributed by atoms with Crippen molar-refractivity contribution in [2.75, 3.05) is 25.1 Å². The van der Waals surface area contributed by atoms with Crippen molar-refractivity contribution in [3.8, 4) is 0 Å². The summed E-state index contributed by atoms with van der Waals surface area (Å²) in [5.41, 5.74) is 0.699. The van der Waals surface area contributed by atoms with Crippen LogP contribution in [-0.2, 0) is 4.74 Å². The lowest BCUT2D eigenvalue weighted by Gasteiger charge is -2.27. The largest absolute Gasteiger partial charge is 0.501 e.